The summed E-state index contributed by atoms with van der Waals surface area (Å²) in [5, 5.41) is 18.3. The summed E-state index contributed by atoms with van der Waals surface area (Å²) in [4.78, 5) is 19.7. The fraction of sp³-hybridized carbons (Fsp3) is 0.571. The quantitative estimate of drug-likeness (QED) is 0.850. The molecule has 0 bridgehead atoms. The average molecular weight is 383 g/mol. The van der Waals surface area contributed by atoms with Crippen LogP contribution in [0.1, 0.15) is 79.7 Å². The molecule has 0 spiro atoms. The highest BCUT2D eigenvalue weighted by atomic mass is 16.3. The van der Waals surface area contributed by atoms with Gasteiger partial charge in [0.15, 0.2) is 0 Å². The molecular weight excluding hydrogens is 354 g/mol. The van der Waals surface area contributed by atoms with Crippen LogP contribution in [-0.4, -0.2) is 43.3 Å². The van der Waals surface area contributed by atoms with Crippen LogP contribution in [0.4, 0.5) is 0 Å². The molecule has 2 aromatic heterocycles. The Hall–Kier alpha value is -2.25. The Morgan fingerprint density at radius 3 is 2.71 bits per heavy atom. The summed E-state index contributed by atoms with van der Waals surface area (Å²) in [7, 11) is 0. The van der Waals surface area contributed by atoms with Crippen LogP contribution in [0.15, 0.2) is 18.3 Å². The minimum Gasteiger partial charge on any atom is -0.384 e. The second-order valence-corrected chi connectivity index (χ2v) is 8.72. The third-order valence-electron chi connectivity index (χ3n) is 5.92. The van der Waals surface area contributed by atoms with Gasteiger partial charge in [0.2, 0.25) is 0 Å². The molecule has 28 heavy (non-hydrogen) atoms. The van der Waals surface area contributed by atoms with E-state index in [0.717, 1.165) is 28.9 Å². The van der Waals surface area contributed by atoms with Crippen molar-refractivity contribution >= 4 is 5.91 Å². The zero-order valence-electron chi connectivity index (χ0n) is 17.2. The van der Waals surface area contributed by atoms with E-state index in [2.05, 4.69) is 24.1 Å². The van der Waals surface area contributed by atoms with E-state index >= 15 is 0 Å². The molecule has 2 aromatic rings. The number of rotatable bonds is 3. The maximum Gasteiger partial charge on any atom is 0.273 e. The van der Waals surface area contributed by atoms with Crippen molar-refractivity contribution in [3.8, 4) is 0 Å². The molecule has 1 unspecified atom stereocenters. The Morgan fingerprint density at radius 2 is 2.07 bits per heavy atom. The van der Waals surface area contributed by atoms with Gasteiger partial charge in [-0.2, -0.15) is 5.10 Å². The Balaban J connectivity index is 1.64. The molecule has 3 atom stereocenters. The first-order valence-electron chi connectivity index (χ1n) is 10.00. The number of aliphatic hydroxyl groups is 1. The predicted octanol–water partition coefficient (Wildman–Crippen LogP) is 2.32. The number of nitrogens with zero attached hydrogens (tertiary/aromatic N) is 4. The van der Waals surface area contributed by atoms with E-state index in [1.54, 1.807) is 20.0 Å². The topological polar surface area (TPSA) is 83.3 Å². The molecule has 2 N–H and O–H groups in total. The molecular formula is C21H29N5O2. The fourth-order valence-electron chi connectivity index (χ4n) is 4.16. The number of hydrogen-bond acceptors (Lipinski definition) is 5. The van der Waals surface area contributed by atoms with Crippen molar-refractivity contribution in [2.75, 3.05) is 6.54 Å². The van der Waals surface area contributed by atoms with Gasteiger partial charge in [0.25, 0.3) is 5.91 Å². The summed E-state index contributed by atoms with van der Waals surface area (Å²) in [5.74, 6) is 0.0299. The summed E-state index contributed by atoms with van der Waals surface area (Å²) >= 11 is 0. The van der Waals surface area contributed by atoms with Crippen molar-refractivity contribution < 1.29 is 9.90 Å². The lowest BCUT2D eigenvalue weighted by Gasteiger charge is -2.36. The van der Waals surface area contributed by atoms with Crippen molar-refractivity contribution in [3.63, 3.8) is 0 Å². The van der Waals surface area contributed by atoms with Crippen LogP contribution in [0.25, 0.3) is 0 Å². The molecule has 0 aliphatic carbocycles. The van der Waals surface area contributed by atoms with Crippen LogP contribution < -0.4 is 5.32 Å². The summed E-state index contributed by atoms with van der Waals surface area (Å²) in [5.41, 5.74) is 3.42. The second-order valence-electron chi connectivity index (χ2n) is 8.72. The molecule has 0 saturated carbocycles. The standard InChI is InChI=1S/C21H29N5O2/c1-12-8-17-16(10-22-12)19-20(27)25(11-13(2)26(19)24-17)14(3)15-6-7-18(23-9-15)21(4,5)28/h6-7,9,12-14,22,28H,8,10-11H2,1-5H3/t12-,13-,14?/m1/s1. The minimum absolute atomic E-state index is 0.0299. The number of pyridine rings is 1. The molecule has 7 heteroatoms. The van der Waals surface area contributed by atoms with Crippen molar-refractivity contribution in [2.24, 2.45) is 0 Å². The van der Waals surface area contributed by atoms with Crippen LogP contribution in [0.5, 0.6) is 0 Å². The summed E-state index contributed by atoms with van der Waals surface area (Å²) in [6.45, 7) is 11.0. The van der Waals surface area contributed by atoms with E-state index < -0.39 is 5.60 Å². The largest absolute Gasteiger partial charge is 0.384 e. The Morgan fingerprint density at radius 1 is 1.32 bits per heavy atom. The molecule has 1 amide bonds. The van der Waals surface area contributed by atoms with E-state index in [-0.39, 0.29) is 18.0 Å². The minimum atomic E-state index is -0.979. The molecule has 150 valence electrons. The van der Waals surface area contributed by atoms with Gasteiger partial charge in [-0.15, -0.1) is 0 Å². The van der Waals surface area contributed by atoms with Crippen LogP contribution in [0.2, 0.25) is 0 Å². The first kappa shape index (κ1) is 19.1. The van der Waals surface area contributed by atoms with Gasteiger partial charge in [-0.3, -0.25) is 14.5 Å². The van der Waals surface area contributed by atoms with Gasteiger partial charge in [0.05, 0.1) is 23.5 Å². The van der Waals surface area contributed by atoms with Crippen LogP contribution in [-0.2, 0) is 18.6 Å². The smallest absolute Gasteiger partial charge is 0.273 e. The van der Waals surface area contributed by atoms with E-state index in [9.17, 15) is 9.90 Å². The number of carbonyl (C=O) groups excluding carboxylic acids is 1. The molecule has 4 heterocycles. The fourth-order valence-corrected chi connectivity index (χ4v) is 4.16. The third kappa shape index (κ3) is 3.12. The highest BCUT2D eigenvalue weighted by Gasteiger charge is 2.38. The number of nitrogens with one attached hydrogen (secondary N) is 1. The zero-order chi connectivity index (χ0) is 20.2. The van der Waals surface area contributed by atoms with Crippen molar-refractivity contribution in [3.05, 3.63) is 46.5 Å². The Kier molecular flexibility index (Phi) is 4.55. The monoisotopic (exact) mass is 383 g/mol. The SMILES string of the molecule is CC(c1ccc(C(C)(C)O)nc1)N1C[C@@H](C)n2nc3c(c2C1=O)CN[C@H](C)C3. The average Bonchev–Trinajstić information content (AvgIpc) is 3.03. The van der Waals surface area contributed by atoms with Crippen LogP contribution >= 0.6 is 0 Å². The maximum atomic E-state index is 13.4. The van der Waals surface area contributed by atoms with Gasteiger partial charge in [0, 0.05) is 37.3 Å². The molecule has 7 nitrogen and oxygen atoms in total. The second kappa shape index (κ2) is 6.67. The van der Waals surface area contributed by atoms with Gasteiger partial charge in [-0.1, -0.05) is 6.07 Å². The highest BCUT2D eigenvalue weighted by molar-refractivity contribution is 5.95. The van der Waals surface area contributed by atoms with E-state index in [4.69, 9.17) is 5.10 Å². The van der Waals surface area contributed by atoms with Gasteiger partial charge < -0.3 is 15.3 Å². The molecule has 0 aromatic carbocycles. The number of aromatic nitrogens is 3. The van der Waals surface area contributed by atoms with E-state index in [0.29, 0.717) is 24.8 Å². The molecule has 0 radical (unpaired) electrons. The van der Waals surface area contributed by atoms with Gasteiger partial charge in [0.1, 0.15) is 11.3 Å². The van der Waals surface area contributed by atoms with Crippen molar-refractivity contribution in [1.29, 1.82) is 0 Å². The molecule has 2 aliphatic heterocycles. The summed E-state index contributed by atoms with van der Waals surface area (Å²) in [6, 6.07) is 4.19. The van der Waals surface area contributed by atoms with Gasteiger partial charge in [-0.25, -0.2) is 0 Å². The van der Waals surface area contributed by atoms with Crippen molar-refractivity contribution in [1.82, 2.24) is 25.0 Å². The highest BCUT2D eigenvalue weighted by Crippen LogP contribution is 2.33. The first-order chi connectivity index (χ1) is 13.2. The number of amides is 1. The number of carbonyl (C=O) groups is 1. The number of fused-ring (bicyclic) bond motifs is 3. The van der Waals surface area contributed by atoms with Crippen LogP contribution in [0.3, 0.4) is 0 Å². The summed E-state index contributed by atoms with van der Waals surface area (Å²) < 4.78 is 1.92. The maximum absolute atomic E-state index is 13.4. The zero-order valence-corrected chi connectivity index (χ0v) is 17.2. The third-order valence-corrected chi connectivity index (χ3v) is 5.92. The predicted molar refractivity (Wildman–Crippen MR) is 106 cm³/mol. The lowest BCUT2D eigenvalue weighted by atomic mass is 9.99. The Labute approximate surface area is 165 Å². The Bertz CT molecular complexity index is 897. The molecule has 4 rings (SSSR count). The molecule has 0 fully saturated rings. The van der Waals surface area contributed by atoms with Crippen molar-refractivity contribution in [2.45, 2.75) is 71.3 Å². The molecule has 2 aliphatic rings. The van der Waals surface area contributed by atoms with E-state index in [1.807, 2.05) is 28.6 Å². The molecule has 0 saturated heterocycles. The number of hydrogen-bond donors (Lipinski definition) is 2. The summed E-state index contributed by atoms with van der Waals surface area (Å²) in [6.07, 6.45) is 2.62. The van der Waals surface area contributed by atoms with Crippen LogP contribution in [0, 0.1) is 0 Å². The van der Waals surface area contributed by atoms with Gasteiger partial charge >= 0.3 is 0 Å². The lowest BCUT2D eigenvalue weighted by molar-refractivity contribution is 0.0582. The van der Waals surface area contributed by atoms with Gasteiger partial charge in [-0.05, 0) is 46.2 Å². The lowest BCUT2D eigenvalue weighted by Crippen LogP contribution is -2.44. The normalized spacial score (nSPS) is 23.4. The van der Waals surface area contributed by atoms with E-state index in [1.165, 1.54) is 0 Å². The first-order valence-corrected chi connectivity index (χ1v) is 10.00.